The lowest BCUT2D eigenvalue weighted by atomic mass is 9.94. The van der Waals surface area contributed by atoms with Crippen LogP contribution in [-0.4, -0.2) is 487 Å². The Labute approximate surface area is 791 Å². The van der Waals surface area contributed by atoms with E-state index in [0.29, 0.717) is 0 Å². The molecule has 8 aliphatic heterocycles. The third-order valence-corrected chi connectivity index (χ3v) is 25.1. The van der Waals surface area contributed by atoms with Crippen LogP contribution in [0.5, 0.6) is 5.75 Å². The lowest BCUT2D eigenvalue weighted by Gasteiger charge is -2.52. The Morgan fingerprint density at radius 3 is 0.789 bits per heavy atom. The third-order valence-electron chi connectivity index (χ3n) is 20.2. The molecule has 1 aromatic carbocycles. The Balaban J connectivity index is 1.02. The summed E-state index contributed by atoms with van der Waals surface area (Å²) in [5.74, 6) is -11.7. The molecule has 9 rings (SSSR count). The largest absolute Gasteiger partial charge is 0.735 e. The van der Waals surface area contributed by atoms with Gasteiger partial charge in [-0.15, -0.1) is 0 Å². The molecule has 78 nitrogen and oxygen atoms in total. The summed E-state index contributed by atoms with van der Waals surface area (Å²) in [4.78, 5) is 62.1. The number of hydrogen-bond donors (Lipinski definition) is 15. The minimum absolute atomic E-state index is 0.490. The number of nitro groups is 1. The van der Waals surface area contributed by atoms with Gasteiger partial charge >= 0.3 is 0 Å². The Morgan fingerprint density at radius 2 is 0.521 bits per heavy atom. The van der Waals surface area contributed by atoms with E-state index in [0.717, 1.165) is 43.2 Å². The SMILES string of the molecule is O=C([O-])[C@H]1O[C@@H](Oc2ccc([N+](=O)[O-])cc2)[C@H](O)[C@@H](O)[C@@H]1O[C@H]1O[C@H](COS(=O)(=O)[O-])[C@@H](O[C@@H]2O[C@@H](C(=O)[O-])[C@@H](O[C@H]3O[C@H](COS(=O)(=O)[O-])[C@@H](O[C@@H]4O[C@@H](C(=O)[O-])[C@@H](O[C@H]5O[C@H](COS(=O)(=O)[O-])[C@@H](O[C@@H]6O[C@H](C(=O)[O-])[C@@H](O[C@H]7O[C@H](COS(=O)(=O)[O-])[C@@H](O)[C@H](O)[C@H]7NS(=O)(=O)[O-])[C@H](O)[C@H]6O)[C@H](O)[C@H]5NS(=O)(=O)[O-])[C@H](O)[C@H]4OS(=O)(=O)[O-])[C@H](O)[C@H]3NS(=O)(=O)[O-])[C@H](O)[C@H]2OS(=O)(=O)[O-])[C@H](O)[C@H]1NS(=O)(=O)[O-]. The summed E-state index contributed by atoms with van der Waals surface area (Å²) < 4.78 is 479. The number of benzene rings is 1. The molecule has 8 fully saturated rings. The molecule has 0 saturated carbocycles. The van der Waals surface area contributed by atoms with Crippen molar-refractivity contribution in [1.82, 2.24) is 18.9 Å². The van der Waals surface area contributed by atoms with E-state index in [9.17, 15) is 236 Å². The van der Waals surface area contributed by atoms with Crippen molar-refractivity contribution in [3.63, 3.8) is 0 Å². The lowest BCUT2D eigenvalue weighted by molar-refractivity contribution is -0.393. The predicted octanol–water partition coefficient (Wildman–Crippen LogP) is -28.3. The molecule has 820 valence electrons. The fourth-order valence-corrected chi connectivity index (χ4v) is 18.9. The van der Waals surface area contributed by atoms with E-state index in [2.05, 4.69) is 25.1 Å². The number of ether oxygens (including phenoxy) is 16. The van der Waals surface area contributed by atoms with Gasteiger partial charge in [0.05, 0.1) is 55.2 Å². The monoisotopic (exact) mass is 2270 g/mol. The molecule has 1 aromatic rings. The first-order valence-corrected chi connectivity index (χ1v) is 51.1. The van der Waals surface area contributed by atoms with Crippen LogP contribution in [0, 0.1) is 10.1 Å². The molecular formula is C54H67N5O73S10-14. The second-order valence-electron chi connectivity index (χ2n) is 29.7. The summed E-state index contributed by atoms with van der Waals surface area (Å²) in [5, 5.41) is 189. The quantitative estimate of drug-likeness (QED) is 0.0125. The van der Waals surface area contributed by atoms with Crippen molar-refractivity contribution in [1.29, 1.82) is 0 Å². The van der Waals surface area contributed by atoms with Gasteiger partial charge in [0.1, 0.15) is 189 Å². The van der Waals surface area contributed by atoms with Crippen molar-refractivity contribution < 1.29 is 331 Å². The molecule has 15 N–H and O–H groups in total. The maximum Gasteiger partial charge on any atom is 0.269 e. The van der Waals surface area contributed by atoms with E-state index in [1.807, 2.05) is 0 Å². The maximum atomic E-state index is 13.3. The van der Waals surface area contributed by atoms with Crippen molar-refractivity contribution in [2.75, 3.05) is 26.4 Å². The normalized spacial score (nSPS) is 39.0. The van der Waals surface area contributed by atoms with Crippen LogP contribution in [0.15, 0.2) is 24.3 Å². The highest BCUT2D eigenvalue weighted by molar-refractivity contribution is 7.84. The van der Waals surface area contributed by atoms with Crippen LogP contribution in [-0.2, 0) is 219 Å². The predicted molar refractivity (Wildman–Crippen MR) is 381 cm³/mol. The summed E-state index contributed by atoms with van der Waals surface area (Å²) in [6.07, 6.45) is -115. The number of aliphatic hydroxyl groups excluding tert-OH is 11. The first-order valence-electron chi connectivity index (χ1n) is 37.4. The number of carboxylic acids is 4. The van der Waals surface area contributed by atoms with Gasteiger partial charge in [0.15, 0.2) is 97.5 Å². The first kappa shape index (κ1) is 119. The van der Waals surface area contributed by atoms with Gasteiger partial charge in [0.2, 0.25) is 68.7 Å². The van der Waals surface area contributed by atoms with E-state index >= 15 is 0 Å². The minimum atomic E-state index is -6.79. The van der Waals surface area contributed by atoms with Crippen molar-refractivity contribution in [2.45, 2.75) is 245 Å². The maximum absolute atomic E-state index is 13.3. The molecule has 0 radical (unpaired) electrons. The second kappa shape index (κ2) is 46.2. The molecule has 0 aromatic heterocycles. The summed E-state index contributed by atoms with van der Waals surface area (Å²) in [6, 6.07) is -9.41. The molecule has 8 heterocycles. The number of carboxylic acid groups (broad SMARTS) is 4. The number of aliphatic hydroxyl groups is 11. The number of aliphatic carboxylic acids is 4. The van der Waals surface area contributed by atoms with Gasteiger partial charge in [0, 0.05) is 12.1 Å². The van der Waals surface area contributed by atoms with E-state index in [-0.39, 0.29) is 0 Å². The highest BCUT2D eigenvalue weighted by Gasteiger charge is 2.63. The molecular weight excluding hydrogens is 2210 g/mol. The van der Waals surface area contributed by atoms with Gasteiger partial charge in [-0.2, -0.15) is 0 Å². The zero-order valence-electron chi connectivity index (χ0n) is 68.0. The summed E-state index contributed by atoms with van der Waals surface area (Å²) in [7, 11) is -63.4. The summed E-state index contributed by atoms with van der Waals surface area (Å²) in [6.45, 7) is -8.13. The van der Waals surface area contributed by atoms with Gasteiger partial charge in [-0.3, -0.25) is 35.2 Å². The van der Waals surface area contributed by atoms with E-state index < -0.39 is 416 Å². The van der Waals surface area contributed by atoms with Gasteiger partial charge < -0.3 is 217 Å². The number of rotatable bonds is 45. The number of hydrogen-bond acceptors (Lipinski definition) is 73. The molecule has 0 spiro atoms. The van der Waals surface area contributed by atoms with Crippen molar-refractivity contribution >= 4 is 133 Å². The number of nitrogens with zero attached hydrogens (tertiary/aromatic N) is 1. The van der Waals surface area contributed by atoms with Crippen LogP contribution >= 0.6 is 0 Å². The molecule has 0 unspecified atom stereocenters. The second-order valence-corrected chi connectivity index (χ2v) is 40.5. The molecule has 88 heteroatoms. The number of carbonyl (C=O) groups is 4. The van der Waals surface area contributed by atoms with Crippen LogP contribution in [0.2, 0.25) is 0 Å². The smallest absolute Gasteiger partial charge is 0.269 e. The Kier molecular flexibility index (Phi) is 38.9. The van der Waals surface area contributed by atoms with Crippen molar-refractivity contribution in [2.24, 2.45) is 0 Å². The summed E-state index contributed by atoms with van der Waals surface area (Å²) in [5.41, 5.74) is -0.585. The van der Waals surface area contributed by atoms with Gasteiger partial charge in [0.25, 0.3) is 5.69 Å². The minimum Gasteiger partial charge on any atom is -0.735 e. The van der Waals surface area contributed by atoms with Gasteiger partial charge in [-0.1, -0.05) is 0 Å². The fraction of sp³-hybridized carbons (Fsp3) is 0.815. The topological polar surface area (TPSA) is 1250 Å². The van der Waals surface area contributed by atoms with Crippen molar-refractivity contribution in [3.05, 3.63) is 34.4 Å². The number of nitro benzene ring substituents is 1. The van der Waals surface area contributed by atoms with Crippen LogP contribution < -0.4 is 44.1 Å². The average Bonchev–Trinajstić information content (AvgIpc) is 0.753. The van der Waals surface area contributed by atoms with Gasteiger partial charge in [-0.05, 0) is 12.1 Å². The van der Waals surface area contributed by atoms with Crippen LogP contribution in [0.25, 0.3) is 0 Å². The Bertz CT molecular complexity index is 5840. The summed E-state index contributed by atoms with van der Waals surface area (Å²) >= 11 is 0. The zero-order valence-corrected chi connectivity index (χ0v) is 76.2. The van der Waals surface area contributed by atoms with E-state index in [1.165, 1.54) is 0 Å². The van der Waals surface area contributed by atoms with Crippen LogP contribution in [0.1, 0.15) is 0 Å². The Morgan fingerprint density at radius 1 is 0.282 bits per heavy atom. The van der Waals surface area contributed by atoms with Crippen molar-refractivity contribution in [3.8, 4) is 5.75 Å². The number of nitrogens with one attached hydrogen (secondary N) is 4. The van der Waals surface area contributed by atoms with E-state index in [4.69, 9.17) is 75.8 Å². The number of non-ortho nitro benzene ring substituents is 1. The fourth-order valence-electron chi connectivity index (χ4n) is 14.4. The third kappa shape index (κ3) is 32.5. The lowest BCUT2D eigenvalue weighted by Crippen LogP contribution is -2.72. The standard InChI is InChI=1S/C54H81N5O73S10/c60-19-11(5-111-137(93,94)95)116-47(15(20(19)61)55-133(81,82)83)123-34-25(66)27(68)52(128-40(34)44(73)74)120-30-12(6-112-138(96,97)98)117-49(16(21(30)62)56-134(84,85)86)125-35-28(69)37(131-141(105,106)107)54(129-41(35)45(75)76)122-32-14(8-114-140(102,103)104)119-50(18(23(32)64)58-136(90,91)92)126-36-29(70)38(132-142(108,109)110)53(130-42(36)46(77)78)121-31-13(7-113-139(99,100)101)118-48(17(22(31)63)57-135(87,88)89)124-33-24(65)26(67)51(127-39(33)43(71)72)115-10-3-1-9(2-4-10)59(79)80/h1-4,11-42,47-58,60-70H,5-8H2,(H,71,72)(H,73,74)(H,75,76)(H,77,78)(H,81,82,83)(H,84,85,86)(H,87,88,89)(H,90,91,92)(H,93,94,95)(H,96,97,98)(H,99,100,101)(H,102,103,104)(H,105,106,107)(H,108,109,110)/p-14/t11-,12-,13-,14-,15-,16-,17-,18-,19-,20-,21-,22-,23-,24-,25-,26-,27-,28+,29+,30-,31-,32-,33+,34+,35+,36+,37-,38-,39+,40+,41-,42-,47-,48-,49-,50-,51-,52-,53-,54-/m1/s1. The Hall–Kier alpha value is -6.04. The molecule has 0 bridgehead atoms. The molecule has 40 atom stereocenters. The molecule has 8 aliphatic rings. The highest BCUT2D eigenvalue weighted by Crippen LogP contribution is 2.42. The van der Waals surface area contributed by atoms with Gasteiger partial charge in [-0.25, -0.2) is 103 Å². The first-order chi connectivity index (χ1) is 64.8. The molecule has 8 saturated heterocycles. The molecule has 0 aliphatic carbocycles. The molecule has 142 heavy (non-hydrogen) atoms. The van der Waals surface area contributed by atoms with Crippen LogP contribution in [0.3, 0.4) is 0 Å². The van der Waals surface area contributed by atoms with Crippen LogP contribution in [0.4, 0.5) is 5.69 Å². The average molecular weight is 2270 g/mol. The highest BCUT2D eigenvalue weighted by atomic mass is 32.3. The number of carbonyl (C=O) groups excluding carboxylic acids is 4. The molecule has 0 amide bonds. The van der Waals surface area contributed by atoms with E-state index in [1.54, 1.807) is 0 Å². The zero-order chi connectivity index (χ0) is 107.